The predicted octanol–water partition coefficient (Wildman–Crippen LogP) is 2.76. The summed E-state index contributed by atoms with van der Waals surface area (Å²) in [4.78, 5) is 0. The Morgan fingerprint density at radius 3 is 1.58 bits per heavy atom. The van der Waals surface area contributed by atoms with Gasteiger partial charge < -0.3 is 0 Å². The van der Waals surface area contributed by atoms with E-state index in [1.165, 1.54) is 14.5 Å². The van der Waals surface area contributed by atoms with Crippen LogP contribution < -0.4 is 8.92 Å². The summed E-state index contributed by atoms with van der Waals surface area (Å²) < 4.78 is 3.69. The number of allylic oxidation sites excluding steroid dienone is 2. The fraction of sp³-hybridized carbons (Fsp3) is 0.176. The van der Waals surface area contributed by atoms with Crippen LogP contribution in [-0.4, -0.2) is 29.9 Å². The van der Waals surface area contributed by atoms with Crippen LogP contribution in [-0.2, 0) is 0 Å². The van der Waals surface area contributed by atoms with Crippen LogP contribution in [0.15, 0.2) is 72.3 Å². The van der Waals surface area contributed by atoms with Crippen LogP contribution in [0.5, 0.6) is 0 Å². The fourth-order valence-corrected chi connectivity index (χ4v) is 8.55. The van der Waals surface area contributed by atoms with Crippen LogP contribution in [0.25, 0.3) is 0 Å². The van der Waals surface area contributed by atoms with Gasteiger partial charge in [-0.2, -0.15) is 0 Å². The summed E-state index contributed by atoms with van der Waals surface area (Å²) in [5.41, 5.74) is 1.43. The van der Waals surface area contributed by atoms with Crippen LogP contribution in [0.1, 0.15) is 13.8 Å². The Bertz CT molecular complexity index is 472. The molecule has 0 amide bonds. The van der Waals surface area contributed by atoms with Crippen molar-refractivity contribution in [3.63, 3.8) is 0 Å². The van der Waals surface area contributed by atoms with Gasteiger partial charge in [0.15, 0.2) is 0 Å². The molecule has 0 atom stereocenters. The molecule has 0 saturated heterocycles. The van der Waals surface area contributed by atoms with Gasteiger partial charge in [-0.15, -0.1) is 0 Å². The van der Waals surface area contributed by atoms with Gasteiger partial charge in [-0.05, 0) is 0 Å². The van der Waals surface area contributed by atoms with Gasteiger partial charge in [0.25, 0.3) is 0 Å². The van der Waals surface area contributed by atoms with Gasteiger partial charge in [-0.25, -0.2) is 0 Å². The van der Waals surface area contributed by atoms with Crippen LogP contribution >= 0.6 is 0 Å². The second-order valence-corrected chi connectivity index (χ2v) is 11.1. The zero-order valence-electron chi connectivity index (χ0n) is 11.2. The van der Waals surface area contributed by atoms with Gasteiger partial charge in [0.05, 0.1) is 0 Å². The molecular weight excluding hydrogens is 362 g/mol. The Morgan fingerprint density at radius 2 is 1.21 bits per heavy atom. The Kier molecular flexibility index (Phi) is 5.94. The Morgan fingerprint density at radius 1 is 0.789 bits per heavy atom. The summed E-state index contributed by atoms with van der Waals surface area (Å²) in [5, 5.41) is 0. The van der Waals surface area contributed by atoms with E-state index in [1.807, 2.05) is 0 Å². The summed E-state index contributed by atoms with van der Waals surface area (Å²) in [7, 11) is 0. The SMILES string of the molecule is CC(C)=CC([Se]c1ccccc1)[Se]c1ccccc1. The average Bonchev–Trinajstić information content (AvgIpc) is 2.40. The van der Waals surface area contributed by atoms with Crippen LogP contribution in [0.2, 0.25) is 3.71 Å². The normalized spacial score (nSPS) is 10.5. The summed E-state index contributed by atoms with van der Waals surface area (Å²) in [6.45, 7) is 4.41. The molecule has 0 nitrogen and oxygen atoms in total. The summed E-state index contributed by atoms with van der Waals surface area (Å²) >= 11 is 1.04. The zero-order valence-corrected chi connectivity index (χ0v) is 14.7. The summed E-state index contributed by atoms with van der Waals surface area (Å²) in [6, 6.07) is 21.8. The monoisotopic (exact) mass is 382 g/mol. The zero-order chi connectivity index (χ0) is 13.5. The van der Waals surface area contributed by atoms with Gasteiger partial charge in [-0.3, -0.25) is 0 Å². The molecule has 0 N–H and O–H groups in total. The van der Waals surface area contributed by atoms with E-state index >= 15 is 0 Å². The van der Waals surface area contributed by atoms with Crippen molar-refractivity contribution < 1.29 is 0 Å². The Labute approximate surface area is 128 Å². The molecule has 0 spiro atoms. The molecule has 0 aromatic heterocycles. The molecular formula is C17H18Se2. The van der Waals surface area contributed by atoms with E-state index in [2.05, 4.69) is 80.6 Å². The molecule has 0 aliphatic rings. The number of benzene rings is 2. The third-order valence-electron chi connectivity index (χ3n) is 2.46. The molecule has 0 bridgehead atoms. The molecule has 0 fully saturated rings. The van der Waals surface area contributed by atoms with E-state index in [4.69, 9.17) is 0 Å². The van der Waals surface area contributed by atoms with Crippen molar-refractivity contribution in [2.24, 2.45) is 0 Å². The minimum atomic E-state index is 0.522. The standard InChI is InChI=1S/C17H18Se2/c1-14(2)13-17(18-15-9-5-3-6-10-15)19-16-11-7-4-8-12-16/h3-13,17H,1-2H3. The molecule has 2 rings (SSSR count). The van der Waals surface area contributed by atoms with Crippen LogP contribution in [0.3, 0.4) is 0 Å². The second kappa shape index (κ2) is 7.72. The average molecular weight is 380 g/mol. The molecule has 0 unspecified atom stereocenters. The first-order valence-corrected chi connectivity index (χ1v) is 10.0. The first-order chi connectivity index (χ1) is 9.24. The maximum atomic E-state index is 2.46. The van der Waals surface area contributed by atoms with E-state index in [9.17, 15) is 0 Å². The molecule has 0 aliphatic carbocycles. The minimum absolute atomic E-state index is 0.522. The predicted molar refractivity (Wildman–Crippen MR) is 86.8 cm³/mol. The van der Waals surface area contributed by atoms with Crippen molar-refractivity contribution in [2.45, 2.75) is 17.6 Å². The summed E-state index contributed by atoms with van der Waals surface area (Å²) in [6.07, 6.45) is 2.46. The number of hydrogen-bond acceptors (Lipinski definition) is 0. The number of rotatable bonds is 5. The summed E-state index contributed by atoms with van der Waals surface area (Å²) in [5.74, 6) is 0. The van der Waals surface area contributed by atoms with Gasteiger partial charge >= 0.3 is 129 Å². The van der Waals surface area contributed by atoms with Crippen molar-refractivity contribution in [3.8, 4) is 0 Å². The first kappa shape index (κ1) is 14.6. The molecule has 0 aliphatic heterocycles. The van der Waals surface area contributed by atoms with E-state index < -0.39 is 0 Å². The van der Waals surface area contributed by atoms with E-state index in [0.717, 1.165) is 0 Å². The topological polar surface area (TPSA) is 0 Å². The van der Waals surface area contributed by atoms with Crippen molar-refractivity contribution in [1.82, 2.24) is 0 Å². The molecule has 2 heteroatoms. The molecule has 0 saturated carbocycles. The molecule has 98 valence electrons. The van der Waals surface area contributed by atoms with Crippen molar-refractivity contribution in [3.05, 3.63) is 72.3 Å². The number of hydrogen-bond donors (Lipinski definition) is 0. The Balaban J connectivity index is 2.11. The van der Waals surface area contributed by atoms with E-state index in [0.29, 0.717) is 33.6 Å². The van der Waals surface area contributed by atoms with Gasteiger partial charge in [-0.1, -0.05) is 0 Å². The Hall–Kier alpha value is -0.781. The molecule has 0 radical (unpaired) electrons. The molecule has 0 heterocycles. The molecule has 2 aromatic rings. The molecule has 19 heavy (non-hydrogen) atoms. The fourth-order valence-electron chi connectivity index (χ4n) is 1.63. The van der Waals surface area contributed by atoms with Gasteiger partial charge in [0.1, 0.15) is 0 Å². The van der Waals surface area contributed by atoms with E-state index in [1.54, 1.807) is 0 Å². The van der Waals surface area contributed by atoms with Crippen LogP contribution in [0, 0.1) is 0 Å². The third kappa shape index (κ3) is 5.38. The molecule has 2 aromatic carbocycles. The van der Waals surface area contributed by atoms with Crippen molar-refractivity contribution in [2.75, 3.05) is 0 Å². The van der Waals surface area contributed by atoms with Gasteiger partial charge in [0, 0.05) is 0 Å². The van der Waals surface area contributed by atoms with Crippen molar-refractivity contribution in [1.29, 1.82) is 0 Å². The second-order valence-electron chi connectivity index (χ2n) is 4.47. The third-order valence-corrected chi connectivity index (χ3v) is 8.39. The maximum absolute atomic E-state index is 2.46. The van der Waals surface area contributed by atoms with E-state index in [-0.39, 0.29) is 0 Å². The van der Waals surface area contributed by atoms with Gasteiger partial charge in [0.2, 0.25) is 0 Å². The first-order valence-electron chi connectivity index (χ1n) is 6.32. The van der Waals surface area contributed by atoms with Crippen molar-refractivity contribution >= 4 is 38.8 Å². The quantitative estimate of drug-likeness (QED) is 0.553. The van der Waals surface area contributed by atoms with Crippen LogP contribution in [0.4, 0.5) is 0 Å².